The van der Waals surface area contributed by atoms with Crippen LogP contribution in [0.25, 0.3) is 0 Å². The standard InChI is InChI=1S/C13H18Cl2N2O2S/c1-16-7-10-11(14)5-6-12(13(10)15)20(18,19)17(2)8-9-3-4-9/h5-6,9,16H,3-4,7-8H2,1-2H3. The molecule has 0 amide bonds. The Balaban J connectivity index is 2.37. The second-order valence-electron chi connectivity index (χ2n) is 5.10. The normalized spacial score (nSPS) is 15.8. The maximum atomic E-state index is 12.6. The number of rotatable bonds is 6. The summed E-state index contributed by atoms with van der Waals surface area (Å²) in [7, 11) is -0.217. The van der Waals surface area contributed by atoms with Crippen LogP contribution in [-0.2, 0) is 16.6 Å². The van der Waals surface area contributed by atoms with Crippen molar-refractivity contribution in [3.05, 3.63) is 27.7 Å². The third kappa shape index (κ3) is 3.28. The predicted molar refractivity (Wildman–Crippen MR) is 81.8 cm³/mol. The molecule has 1 aliphatic carbocycles. The summed E-state index contributed by atoms with van der Waals surface area (Å²) in [5, 5.41) is 3.61. The number of nitrogens with zero attached hydrogens (tertiary/aromatic N) is 1. The van der Waals surface area contributed by atoms with Crippen molar-refractivity contribution in [2.75, 3.05) is 20.6 Å². The van der Waals surface area contributed by atoms with Crippen LogP contribution in [0, 0.1) is 5.92 Å². The van der Waals surface area contributed by atoms with Crippen LogP contribution in [0.1, 0.15) is 18.4 Å². The summed E-state index contributed by atoms with van der Waals surface area (Å²) >= 11 is 12.3. The largest absolute Gasteiger partial charge is 0.316 e. The van der Waals surface area contributed by atoms with E-state index in [0.717, 1.165) is 12.8 Å². The van der Waals surface area contributed by atoms with Crippen molar-refractivity contribution in [2.24, 2.45) is 5.92 Å². The van der Waals surface area contributed by atoms with E-state index in [1.807, 2.05) is 0 Å². The molecule has 1 aliphatic rings. The molecular formula is C13H18Cl2N2O2S. The number of benzene rings is 1. The number of sulfonamides is 1. The van der Waals surface area contributed by atoms with Gasteiger partial charge in [-0.25, -0.2) is 12.7 Å². The molecule has 112 valence electrons. The molecule has 20 heavy (non-hydrogen) atoms. The lowest BCUT2D eigenvalue weighted by Crippen LogP contribution is -2.29. The Morgan fingerprint density at radius 1 is 1.35 bits per heavy atom. The zero-order valence-electron chi connectivity index (χ0n) is 11.5. The van der Waals surface area contributed by atoms with Gasteiger partial charge in [0.15, 0.2) is 0 Å². The van der Waals surface area contributed by atoms with Gasteiger partial charge in [-0.3, -0.25) is 0 Å². The molecule has 1 aromatic carbocycles. The summed E-state index contributed by atoms with van der Waals surface area (Å²) in [6.45, 7) is 0.968. The Morgan fingerprint density at radius 3 is 2.55 bits per heavy atom. The summed E-state index contributed by atoms with van der Waals surface area (Å²) in [5.41, 5.74) is 0.608. The second kappa shape index (κ2) is 6.20. The number of halogens is 2. The molecule has 7 heteroatoms. The molecule has 0 heterocycles. The molecule has 0 spiro atoms. The summed E-state index contributed by atoms with van der Waals surface area (Å²) in [5.74, 6) is 0.484. The third-order valence-corrected chi connectivity index (χ3v) is 6.17. The minimum atomic E-state index is -3.57. The van der Waals surface area contributed by atoms with Gasteiger partial charge < -0.3 is 5.32 Å². The molecule has 1 N–H and O–H groups in total. The van der Waals surface area contributed by atoms with Crippen molar-refractivity contribution >= 4 is 33.2 Å². The zero-order chi connectivity index (χ0) is 14.9. The first-order valence-electron chi connectivity index (χ1n) is 6.45. The molecule has 0 aliphatic heterocycles. The van der Waals surface area contributed by atoms with E-state index in [-0.39, 0.29) is 9.92 Å². The monoisotopic (exact) mass is 336 g/mol. The molecule has 1 saturated carbocycles. The van der Waals surface area contributed by atoms with Crippen LogP contribution in [-0.4, -0.2) is 33.4 Å². The van der Waals surface area contributed by atoms with Crippen LogP contribution in [0.5, 0.6) is 0 Å². The zero-order valence-corrected chi connectivity index (χ0v) is 13.8. The SMILES string of the molecule is CNCc1c(Cl)ccc(S(=O)(=O)N(C)CC2CC2)c1Cl. The molecule has 0 bridgehead atoms. The Labute approximate surface area is 130 Å². The fraction of sp³-hybridized carbons (Fsp3) is 0.538. The predicted octanol–water partition coefficient (Wildman–Crippen LogP) is 2.74. The Hall–Kier alpha value is -0.330. The van der Waals surface area contributed by atoms with E-state index in [9.17, 15) is 8.42 Å². The van der Waals surface area contributed by atoms with Gasteiger partial charge in [0.25, 0.3) is 0 Å². The Kier molecular flexibility index (Phi) is 4.97. The van der Waals surface area contributed by atoms with Gasteiger partial charge in [-0.1, -0.05) is 23.2 Å². The maximum absolute atomic E-state index is 12.6. The summed E-state index contributed by atoms with van der Waals surface area (Å²) < 4.78 is 26.5. The van der Waals surface area contributed by atoms with Gasteiger partial charge in [0, 0.05) is 30.7 Å². The topological polar surface area (TPSA) is 49.4 Å². The van der Waals surface area contributed by atoms with Crippen LogP contribution < -0.4 is 5.32 Å². The highest BCUT2D eigenvalue weighted by molar-refractivity contribution is 7.89. The average Bonchev–Trinajstić information content (AvgIpc) is 3.18. The maximum Gasteiger partial charge on any atom is 0.244 e. The van der Waals surface area contributed by atoms with Crippen LogP contribution in [0.2, 0.25) is 10.0 Å². The molecule has 1 fully saturated rings. The molecule has 0 aromatic heterocycles. The molecular weight excluding hydrogens is 319 g/mol. The van der Waals surface area contributed by atoms with E-state index in [0.29, 0.717) is 29.6 Å². The summed E-state index contributed by atoms with van der Waals surface area (Å²) in [6.07, 6.45) is 2.19. The highest BCUT2D eigenvalue weighted by Gasteiger charge is 2.31. The lowest BCUT2D eigenvalue weighted by molar-refractivity contribution is 0.453. The number of hydrogen-bond acceptors (Lipinski definition) is 3. The molecule has 0 atom stereocenters. The van der Waals surface area contributed by atoms with E-state index >= 15 is 0 Å². The molecule has 2 rings (SSSR count). The quantitative estimate of drug-likeness (QED) is 0.868. The molecule has 1 aromatic rings. The van der Waals surface area contributed by atoms with Crippen molar-refractivity contribution in [1.29, 1.82) is 0 Å². The van der Waals surface area contributed by atoms with Gasteiger partial charge in [-0.2, -0.15) is 0 Å². The first-order chi connectivity index (χ1) is 9.37. The smallest absolute Gasteiger partial charge is 0.244 e. The lowest BCUT2D eigenvalue weighted by Gasteiger charge is -2.19. The molecule has 4 nitrogen and oxygen atoms in total. The van der Waals surface area contributed by atoms with Gasteiger partial charge in [-0.05, 0) is 37.9 Å². The molecule has 0 unspecified atom stereocenters. The average molecular weight is 337 g/mol. The number of hydrogen-bond donors (Lipinski definition) is 1. The fourth-order valence-corrected chi connectivity index (χ4v) is 4.17. The van der Waals surface area contributed by atoms with Gasteiger partial charge in [0.05, 0.1) is 5.02 Å². The Morgan fingerprint density at radius 2 is 2.00 bits per heavy atom. The van der Waals surface area contributed by atoms with E-state index in [1.54, 1.807) is 20.2 Å². The number of nitrogens with one attached hydrogen (secondary N) is 1. The highest BCUT2D eigenvalue weighted by atomic mass is 35.5. The van der Waals surface area contributed by atoms with Gasteiger partial charge in [0.2, 0.25) is 10.0 Å². The highest BCUT2D eigenvalue weighted by Crippen LogP contribution is 2.35. The van der Waals surface area contributed by atoms with Gasteiger partial charge in [0.1, 0.15) is 4.90 Å². The lowest BCUT2D eigenvalue weighted by atomic mass is 10.2. The second-order valence-corrected chi connectivity index (χ2v) is 7.90. The van der Waals surface area contributed by atoms with Crippen LogP contribution >= 0.6 is 23.2 Å². The van der Waals surface area contributed by atoms with E-state index in [1.165, 1.54) is 10.4 Å². The van der Waals surface area contributed by atoms with E-state index < -0.39 is 10.0 Å². The van der Waals surface area contributed by atoms with E-state index in [4.69, 9.17) is 23.2 Å². The van der Waals surface area contributed by atoms with Crippen molar-refractivity contribution < 1.29 is 8.42 Å². The summed E-state index contributed by atoms with van der Waals surface area (Å²) in [4.78, 5) is 0.122. The first-order valence-corrected chi connectivity index (χ1v) is 8.65. The third-order valence-electron chi connectivity index (χ3n) is 3.40. The van der Waals surface area contributed by atoms with E-state index in [2.05, 4.69) is 5.32 Å². The van der Waals surface area contributed by atoms with Crippen molar-refractivity contribution in [2.45, 2.75) is 24.3 Å². The van der Waals surface area contributed by atoms with Crippen LogP contribution in [0.3, 0.4) is 0 Å². The molecule has 0 radical (unpaired) electrons. The van der Waals surface area contributed by atoms with Gasteiger partial charge in [-0.15, -0.1) is 0 Å². The first kappa shape index (κ1) is 16.0. The van der Waals surface area contributed by atoms with Gasteiger partial charge >= 0.3 is 0 Å². The van der Waals surface area contributed by atoms with Crippen molar-refractivity contribution in [1.82, 2.24) is 9.62 Å². The Bertz CT molecular complexity index is 601. The minimum absolute atomic E-state index is 0.122. The van der Waals surface area contributed by atoms with Crippen molar-refractivity contribution in [3.8, 4) is 0 Å². The summed E-state index contributed by atoms with van der Waals surface area (Å²) in [6, 6.07) is 3.06. The van der Waals surface area contributed by atoms with Crippen LogP contribution in [0.4, 0.5) is 0 Å². The molecule has 0 saturated heterocycles. The minimum Gasteiger partial charge on any atom is -0.316 e. The van der Waals surface area contributed by atoms with Crippen molar-refractivity contribution in [3.63, 3.8) is 0 Å². The van der Waals surface area contributed by atoms with Crippen LogP contribution in [0.15, 0.2) is 17.0 Å². The fourth-order valence-electron chi connectivity index (χ4n) is 2.04.